The Morgan fingerprint density at radius 2 is 1.70 bits per heavy atom. The number of halogens is 1. The van der Waals surface area contributed by atoms with E-state index in [-0.39, 0.29) is 13.2 Å². The van der Waals surface area contributed by atoms with Crippen LogP contribution in [0, 0.1) is 5.41 Å². The second-order valence-corrected chi connectivity index (χ2v) is 12.2. The zero-order chi connectivity index (χ0) is 28.8. The van der Waals surface area contributed by atoms with Gasteiger partial charge in [-0.3, -0.25) is 9.59 Å². The zero-order valence-electron chi connectivity index (χ0n) is 22.9. The smallest absolute Gasteiger partial charge is 0.343 e. The third-order valence-corrected chi connectivity index (χ3v) is 8.98. The van der Waals surface area contributed by atoms with Crippen molar-refractivity contribution in [3.8, 4) is 0 Å². The number of aryl methyl sites for hydroxylation is 1. The van der Waals surface area contributed by atoms with Gasteiger partial charge in [0, 0.05) is 23.2 Å². The SMILES string of the molecule is CCOC[C@@]1(CCc2ccccc2)C2CN(C(C)(C)c3ccc(Br)cc3)C13OC(=O)CC(O)(CC(=O)O2)C(=O)O3. The topological polar surface area (TPSA) is 112 Å². The summed E-state index contributed by atoms with van der Waals surface area (Å²) < 4.78 is 25.4. The van der Waals surface area contributed by atoms with Gasteiger partial charge in [0.05, 0.1) is 19.4 Å². The van der Waals surface area contributed by atoms with E-state index in [1.54, 1.807) is 4.90 Å². The average Bonchev–Trinajstić information content (AvgIpc) is 3.09. The van der Waals surface area contributed by atoms with E-state index in [2.05, 4.69) is 15.9 Å². The van der Waals surface area contributed by atoms with E-state index in [0.29, 0.717) is 19.4 Å². The van der Waals surface area contributed by atoms with Gasteiger partial charge in [-0.25, -0.2) is 9.69 Å². The zero-order valence-corrected chi connectivity index (χ0v) is 24.4. The van der Waals surface area contributed by atoms with E-state index in [0.717, 1.165) is 15.6 Å². The second-order valence-electron chi connectivity index (χ2n) is 11.3. The molecular formula is C30H34BrNO8. The van der Waals surface area contributed by atoms with Crippen LogP contribution in [-0.4, -0.2) is 65.3 Å². The van der Waals surface area contributed by atoms with Crippen LogP contribution in [0.2, 0.25) is 0 Å². The van der Waals surface area contributed by atoms with Gasteiger partial charge in [-0.1, -0.05) is 58.4 Å². The molecule has 1 N–H and O–H groups in total. The molecule has 0 saturated carbocycles. The van der Waals surface area contributed by atoms with Crippen molar-refractivity contribution < 1.29 is 38.4 Å². The Bertz CT molecular complexity index is 1280. The van der Waals surface area contributed by atoms with Crippen molar-refractivity contribution in [2.24, 2.45) is 5.41 Å². The molecule has 4 atom stereocenters. The molecule has 214 valence electrons. The first kappa shape index (κ1) is 28.7. The maximum absolute atomic E-state index is 13.7. The van der Waals surface area contributed by atoms with E-state index in [4.69, 9.17) is 18.9 Å². The molecule has 3 unspecified atom stereocenters. The number of carbonyl (C=O) groups excluding carboxylic acids is 3. The van der Waals surface area contributed by atoms with Crippen molar-refractivity contribution in [2.75, 3.05) is 19.8 Å². The molecule has 2 aromatic rings. The van der Waals surface area contributed by atoms with Crippen LogP contribution in [0.4, 0.5) is 0 Å². The van der Waals surface area contributed by atoms with Crippen molar-refractivity contribution in [1.29, 1.82) is 0 Å². The first-order valence-electron chi connectivity index (χ1n) is 13.5. The summed E-state index contributed by atoms with van der Waals surface area (Å²) in [5.41, 5.74) is -2.77. The Morgan fingerprint density at radius 3 is 2.38 bits per heavy atom. The minimum absolute atomic E-state index is 0.0276. The Hall–Kier alpha value is -2.79. The van der Waals surface area contributed by atoms with Crippen molar-refractivity contribution in [3.05, 3.63) is 70.2 Å². The van der Waals surface area contributed by atoms with Gasteiger partial charge >= 0.3 is 23.8 Å². The number of esters is 3. The molecule has 0 aliphatic carbocycles. The number of nitrogens with zero attached hydrogens (tertiary/aromatic N) is 1. The van der Waals surface area contributed by atoms with Gasteiger partial charge in [0.15, 0.2) is 5.60 Å². The molecule has 0 radical (unpaired) electrons. The highest BCUT2D eigenvalue weighted by Gasteiger charge is 2.76. The molecule has 40 heavy (non-hydrogen) atoms. The lowest BCUT2D eigenvalue weighted by atomic mass is 9.75. The molecule has 5 rings (SSSR count). The van der Waals surface area contributed by atoms with Gasteiger partial charge in [-0.2, -0.15) is 0 Å². The molecule has 9 nitrogen and oxygen atoms in total. The van der Waals surface area contributed by atoms with E-state index >= 15 is 0 Å². The Labute approximate surface area is 241 Å². The van der Waals surface area contributed by atoms with Gasteiger partial charge in [0.2, 0.25) is 0 Å². The molecule has 2 aromatic carbocycles. The maximum Gasteiger partial charge on any atom is 0.343 e. The Morgan fingerprint density at radius 1 is 1.02 bits per heavy atom. The van der Waals surface area contributed by atoms with Crippen LogP contribution in [0.5, 0.6) is 0 Å². The van der Waals surface area contributed by atoms with Crippen LogP contribution in [-0.2, 0) is 45.3 Å². The lowest BCUT2D eigenvalue weighted by molar-refractivity contribution is -0.341. The third-order valence-electron chi connectivity index (χ3n) is 8.45. The van der Waals surface area contributed by atoms with Gasteiger partial charge in [-0.05, 0) is 56.9 Å². The van der Waals surface area contributed by atoms with E-state index in [1.165, 1.54) is 0 Å². The van der Waals surface area contributed by atoms with Crippen molar-refractivity contribution in [3.63, 3.8) is 0 Å². The molecule has 0 aromatic heterocycles. The number of carbonyl (C=O) groups is 3. The molecule has 0 amide bonds. The summed E-state index contributed by atoms with van der Waals surface area (Å²) in [6.45, 7) is 6.07. The fraction of sp³-hybridized carbons (Fsp3) is 0.500. The van der Waals surface area contributed by atoms with Crippen molar-refractivity contribution >= 4 is 33.8 Å². The summed E-state index contributed by atoms with van der Waals surface area (Å²) in [6.07, 6.45) is -1.54. The Balaban J connectivity index is 1.74. The largest absolute Gasteiger partial charge is 0.460 e. The first-order chi connectivity index (χ1) is 19.0. The fourth-order valence-electron chi connectivity index (χ4n) is 6.19. The Kier molecular flexibility index (Phi) is 7.58. The number of hydrogen-bond donors (Lipinski definition) is 1. The fourth-order valence-corrected chi connectivity index (χ4v) is 6.46. The van der Waals surface area contributed by atoms with Gasteiger partial charge in [-0.15, -0.1) is 0 Å². The molecule has 3 aliphatic rings. The van der Waals surface area contributed by atoms with Crippen LogP contribution < -0.4 is 0 Å². The predicted molar refractivity (Wildman–Crippen MR) is 147 cm³/mol. The highest BCUT2D eigenvalue weighted by molar-refractivity contribution is 9.10. The predicted octanol–water partition coefficient (Wildman–Crippen LogP) is 3.85. The highest BCUT2D eigenvalue weighted by Crippen LogP contribution is 2.58. The third kappa shape index (κ3) is 4.74. The molecule has 3 bridgehead atoms. The first-order valence-corrected chi connectivity index (χ1v) is 14.3. The van der Waals surface area contributed by atoms with Crippen LogP contribution in [0.1, 0.15) is 51.2 Å². The van der Waals surface area contributed by atoms with Crippen molar-refractivity contribution in [2.45, 2.75) is 69.6 Å². The minimum Gasteiger partial charge on any atom is -0.460 e. The molecule has 10 heteroatoms. The summed E-state index contributed by atoms with van der Waals surface area (Å²) >= 11 is 3.47. The standard InChI is InChI=1S/C30H34BrNO8/c1-4-37-19-28(15-14-20-8-6-5-7-9-20)23-18-32(27(2,3)21-10-12-22(31)13-11-21)30(28)39-25(34)17-29(36,26(35)40-30)16-24(33)38-23/h5-13,23,36H,4,14-19H2,1-3H3/t23?,28-,29?,30?/m0/s1. The summed E-state index contributed by atoms with van der Waals surface area (Å²) in [6, 6.07) is 17.4. The van der Waals surface area contributed by atoms with Gasteiger partial charge in [0.25, 0.3) is 0 Å². The summed E-state index contributed by atoms with van der Waals surface area (Å²) in [7, 11) is 0. The maximum atomic E-state index is 13.7. The van der Waals surface area contributed by atoms with E-state index in [1.807, 2.05) is 75.4 Å². The second kappa shape index (κ2) is 10.6. The van der Waals surface area contributed by atoms with Gasteiger partial charge < -0.3 is 24.1 Å². The van der Waals surface area contributed by atoms with E-state index < -0.39 is 59.3 Å². The summed E-state index contributed by atoms with van der Waals surface area (Å²) in [5.74, 6) is -4.78. The lowest BCUT2D eigenvalue weighted by Crippen LogP contribution is -2.65. The number of ether oxygens (including phenoxy) is 4. The quantitative estimate of drug-likeness (QED) is 0.443. The molecule has 3 fully saturated rings. The summed E-state index contributed by atoms with van der Waals surface area (Å²) in [5, 5.41) is 11.2. The number of fused-ring (bicyclic) bond motifs is 3. The monoisotopic (exact) mass is 615 g/mol. The number of rotatable bonds is 8. The number of aliphatic hydroxyl groups is 1. The average molecular weight is 617 g/mol. The minimum atomic E-state index is -2.41. The summed E-state index contributed by atoms with van der Waals surface area (Å²) in [4.78, 5) is 42.2. The van der Waals surface area contributed by atoms with Crippen molar-refractivity contribution in [1.82, 2.24) is 4.90 Å². The van der Waals surface area contributed by atoms with Crippen LogP contribution in [0.25, 0.3) is 0 Å². The highest BCUT2D eigenvalue weighted by atomic mass is 79.9. The van der Waals surface area contributed by atoms with Gasteiger partial charge in [0.1, 0.15) is 11.5 Å². The van der Waals surface area contributed by atoms with E-state index in [9.17, 15) is 19.5 Å². The van der Waals surface area contributed by atoms with Crippen LogP contribution in [0.3, 0.4) is 0 Å². The lowest BCUT2D eigenvalue weighted by Gasteiger charge is -2.50. The number of benzene rings is 2. The number of likely N-dealkylation sites (tertiary alicyclic amines) is 1. The molecule has 1 spiro atoms. The normalized spacial score (nSPS) is 30.5. The molecular weight excluding hydrogens is 582 g/mol. The molecule has 3 aliphatic heterocycles. The molecule has 3 heterocycles. The molecule has 3 saturated heterocycles. The number of hydrogen-bond acceptors (Lipinski definition) is 9. The van der Waals surface area contributed by atoms with Crippen LogP contribution in [0.15, 0.2) is 59.1 Å². The van der Waals surface area contributed by atoms with Crippen LogP contribution >= 0.6 is 15.9 Å².